The Morgan fingerprint density at radius 2 is 2.16 bits per heavy atom. The fourth-order valence-electron chi connectivity index (χ4n) is 3.78. The molecule has 3 aliphatic rings. The van der Waals surface area contributed by atoms with E-state index in [2.05, 4.69) is 28.2 Å². The van der Waals surface area contributed by atoms with E-state index in [4.69, 9.17) is 0 Å². The number of allylic oxidation sites excluding steroid dienone is 2. The average Bonchev–Trinajstić information content (AvgIpc) is 3.12. The molecule has 1 unspecified atom stereocenters. The second-order valence-corrected chi connectivity index (χ2v) is 5.60. The van der Waals surface area contributed by atoms with Gasteiger partial charge < -0.3 is 9.47 Å². The van der Waals surface area contributed by atoms with Crippen LogP contribution < -0.4 is 0 Å². The number of carbonyl (C=O) groups is 1. The van der Waals surface area contributed by atoms with E-state index in [1.807, 2.05) is 0 Å². The van der Waals surface area contributed by atoms with Crippen LogP contribution in [0.1, 0.15) is 25.7 Å². The molecule has 19 heavy (non-hydrogen) atoms. The van der Waals surface area contributed by atoms with Gasteiger partial charge in [0.05, 0.1) is 6.61 Å². The lowest BCUT2D eigenvalue weighted by atomic mass is 9.82. The van der Waals surface area contributed by atoms with Crippen LogP contribution in [0.5, 0.6) is 0 Å². The lowest BCUT2D eigenvalue weighted by molar-refractivity contribution is -0.138. The Balaban J connectivity index is 0.000000142. The molecule has 0 aromatic rings. The fraction of sp³-hybridized carbons (Fsp3) is 0.688. The van der Waals surface area contributed by atoms with Crippen molar-refractivity contribution >= 4 is 5.97 Å². The molecule has 3 heteroatoms. The molecule has 4 atom stereocenters. The summed E-state index contributed by atoms with van der Waals surface area (Å²) in [4.78, 5) is 10.3. The van der Waals surface area contributed by atoms with Crippen LogP contribution in [0.3, 0.4) is 0 Å². The van der Waals surface area contributed by atoms with Gasteiger partial charge in [-0.2, -0.15) is 0 Å². The maximum absolute atomic E-state index is 10.3. The minimum atomic E-state index is -0.410. The summed E-state index contributed by atoms with van der Waals surface area (Å²) in [5.41, 5.74) is 0. The van der Waals surface area contributed by atoms with Gasteiger partial charge in [-0.25, -0.2) is 4.79 Å². The largest absolute Gasteiger partial charge is 0.460 e. The Hall–Kier alpha value is -1.09. The van der Waals surface area contributed by atoms with Gasteiger partial charge in [-0.15, -0.1) is 0 Å². The summed E-state index contributed by atoms with van der Waals surface area (Å²) in [6.45, 7) is 3.95. The first-order chi connectivity index (χ1) is 9.26. The van der Waals surface area contributed by atoms with Crippen molar-refractivity contribution in [3.63, 3.8) is 0 Å². The number of fused-ring (bicyclic) bond motifs is 5. The molecule has 3 aliphatic carbocycles. The van der Waals surface area contributed by atoms with Gasteiger partial charge in [-0.05, 0) is 49.4 Å². The highest BCUT2D eigenvalue weighted by Gasteiger charge is 2.47. The van der Waals surface area contributed by atoms with Gasteiger partial charge >= 0.3 is 5.97 Å². The van der Waals surface area contributed by atoms with Gasteiger partial charge in [0.25, 0.3) is 0 Å². The summed E-state index contributed by atoms with van der Waals surface area (Å²) in [6.07, 6.45) is 12.1. The summed E-state index contributed by atoms with van der Waals surface area (Å²) in [6, 6.07) is 0. The number of carbonyl (C=O) groups excluding carboxylic acids is 1. The van der Waals surface area contributed by atoms with Crippen molar-refractivity contribution in [1.82, 2.24) is 0 Å². The normalized spacial score (nSPS) is 33.5. The van der Waals surface area contributed by atoms with E-state index in [1.54, 1.807) is 20.0 Å². The topological polar surface area (TPSA) is 35.5 Å². The summed E-state index contributed by atoms with van der Waals surface area (Å²) in [5, 5.41) is 0. The maximum Gasteiger partial charge on any atom is 0.330 e. The Morgan fingerprint density at radius 1 is 1.37 bits per heavy atom. The molecule has 0 amide bonds. The third-order valence-corrected chi connectivity index (χ3v) is 4.62. The van der Waals surface area contributed by atoms with Gasteiger partial charge in [0.15, 0.2) is 0 Å². The van der Waals surface area contributed by atoms with E-state index < -0.39 is 5.97 Å². The lowest BCUT2D eigenvalue weighted by Crippen LogP contribution is -2.16. The molecule has 0 aliphatic heterocycles. The van der Waals surface area contributed by atoms with E-state index >= 15 is 0 Å². The SMILES string of the molecule is C1=C[C@H]2C(C1)[C@H]1CC[C@H]2C1.C=CC(=O)OCCOC. The fourth-order valence-corrected chi connectivity index (χ4v) is 3.78. The Bertz CT molecular complexity index is 348. The van der Waals surface area contributed by atoms with E-state index in [-0.39, 0.29) is 0 Å². The van der Waals surface area contributed by atoms with Crippen LogP contribution >= 0.6 is 0 Å². The quantitative estimate of drug-likeness (QED) is 0.339. The van der Waals surface area contributed by atoms with Crippen molar-refractivity contribution in [3.8, 4) is 0 Å². The van der Waals surface area contributed by atoms with Crippen LogP contribution in [-0.4, -0.2) is 26.3 Å². The van der Waals surface area contributed by atoms with E-state index in [0.29, 0.717) is 13.2 Å². The zero-order valence-electron chi connectivity index (χ0n) is 11.7. The molecule has 3 nitrogen and oxygen atoms in total. The van der Waals surface area contributed by atoms with Crippen LogP contribution in [0.25, 0.3) is 0 Å². The maximum atomic E-state index is 10.3. The highest BCUT2D eigenvalue weighted by molar-refractivity contribution is 5.81. The molecule has 0 N–H and O–H groups in total. The van der Waals surface area contributed by atoms with E-state index in [0.717, 1.165) is 29.7 Å². The van der Waals surface area contributed by atoms with Gasteiger partial charge in [-0.3, -0.25) is 0 Å². The smallest absolute Gasteiger partial charge is 0.330 e. The molecule has 3 rings (SSSR count). The first-order valence-electron chi connectivity index (χ1n) is 7.21. The number of ether oxygens (including phenoxy) is 2. The van der Waals surface area contributed by atoms with E-state index in [9.17, 15) is 4.79 Å². The molecule has 106 valence electrons. The minimum Gasteiger partial charge on any atom is -0.460 e. The zero-order chi connectivity index (χ0) is 13.7. The molecule has 2 saturated carbocycles. The van der Waals surface area contributed by atoms with Gasteiger partial charge in [0.2, 0.25) is 0 Å². The van der Waals surface area contributed by atoms with Gasteiger partial charge in [0, 0.05) is 13.2 Å². The molecular weight excluding hydrogens is 240 g/mol. The standard InChI is InChI=1S/C10H14.C6H10O3/c1-2-9-7-4-5-8(6-7)10(9)3-1;1-3-6(7)9-5-4-8-2/h1-2,7-10H,3-6H2;3H,1,4-5H2,2H3/t7-,8-,9+,10?;/m0./s1. The average molecular weight is 264 g/mol. The molecule has 0 aromatic heterocycles. The van der Waals surface area contributed by atoms with Crippen molar-refractivity contribution in [2.45, 2.75) is 25.7 Å². The highest BCUT2D eigenvalue weighted by atomic mass is 16.6. The van der Waals surface area contributed by atoms with Crippen molar-refractivity contribution in [1.29, 1.82) is 0 Å². The minimum absolute atomic E-state index is 0.293. The highest BCUT2D eigenvalue weighted by Crippen LogP contribution is 2.56. The lowest BCUT2D eigenvalue weighted by Gasteiger charge is -2.23. The van der Waals surface area contributed by atoms with Crippen LogP contribution in [0.4, 0.5) is 0 Å². The predicted octanol–water partition coefficient (Wildman–Crippen LogP) is 2.97. The van der Waals surface area contributed by atoms with Crippen LogP contribution in [0, 0.1) is 23.7 Å². The summed E-state index contributed by atoms with van der Waals surface area (Å²) < 4.78 is 9.17. The Kier molecular flexibility index (Phi) is 5.20. The van der Waals surface area contributed by atoms with Crippen molar-refractivity contribution in [2.75, 3.05) is 20.3 Å². The predicted molar refractivity (Wildman–Crippen MR) is 74.6 cm³/mol. The van der Waals surface area contributed by atoms with Crippen LogP contribution in [-0.2, 0) is 14.3 Å². The summed E-state index contributed by atoms with van der Waals surface area (Å²) >= 11 is 0. The number of esters is 1. The number of hydrogen-bond acceptors (Lipinski definition) is 3. The summed E-state index contributed by atoms with van der Waals surface area (Å²) in [5.74, 6) is 3.95. The number of rotatable bonds is 4. The molecule has 0 spiro atoms. The molecular formula is C16H24O3. The van der Waals surface area contributed by atoms with Crippen molar-refractivity contribution < 1.29 is 14.3 Å². The number of hydrogen-bond donors (Lipinski definition) is 0. The Labute approximate surface area is 115 Å². The molecule has 0 radical (unpaired) electrons. The van der Waals surface area contributed by atoms with Gasteiger partial charge in [-0.1, -0.05) is 18.7 Å². The van der Waals surface area contributed by atoms with Crippen LogP contribution in [0.2, 0.25) is 0 Å². The first-order valence-corrected chi connectivity index (χ1v) is 7.21. The monoisotopic (exact) mass is 264 g/mol. The third-order valence-electron chi connectivity index (χ3n) is 4.62. The molecule has 0 saturated heterocycles. The van der Waals surface area contributed by atoms with Crippen molar-refractivity contribution in [3.05, 3.63) is 24.8 Å². The summed E-state index contributed by atoms with van der Waals surface area (Å²) in [7, 11) is 1.54. The molecule has 0 aromatic carbocycles. The second-order valence-electron chi connectivity index (χ2n) is 5.60. The molecule has 2 bridgehead atoms. The third kappa shape index (κ3) is 3.47. The molecule has 2 fully saturated rings. The second kappa shape index (κ2) is 6.90. The van der Waals surface area contributed by atoms with Gasteiger partial charge in [0.1, 0.15) is 6.61 Å². The zero-order valence-corrected chi connectivity index (χ0v) is 11.7. The van der Waals surface area contributed by atoms with Crippen molar-refractivity contribution in [2.24, 2.45) is 23.7 Å². The first kappa shape index (κ1) is 14.3. The number of methoxy groups -OCH3 is 1. The molecule has 0 heterocycles. The van der Waals surface area contributed by atoms with Crippen LogP contribution in [0.15, 0.2) is 24.8 Å². The van der Waals surface area contributed by atoms with E-state index in [1.165, 1.54) is 12.8 Å². The Morgan fingerprint density at radius 3 is 2.84 bits per heavy atom.